The fourth-order valence-corrected chi connectivity index (χ4v) is 1.37. The zero-order chi connectivity index (χ0) is 10.3. The molecule has 0 aliphatic carbocycles. The SMILES string of the molecule is CC=CC(=O)NOS(=O)(=O)CCC. The van der Waals surface area contributed by atoms with Crippen LogP contribution < -0.4 is 5.48 Å². The first-order valence-corrected chi connectivity index (χ1v) is 5.43. The van der Waals surface area contributed by atoms with Crippen molar-refractivity contribution in [1.82, 2.24) is 5.48 Å². The van der Waals surface area contributed by atoms with Crippen molar-refractivity contribution in [2.75, 3.05) is 5.75 Å². The fraction of sp³-hybridized carbons (Fsp3) is 0.571. The number of hydrogen-bond donors (Lipinski definition) is 1. The van der Waals surface area contributed by atoms with Crippen molar-refractivity contribution in [2.45, 2.75) is 20.3 Å². The molecule has 13 heavy (non-hydrogen) atoms. The molecule has 0 heterocycles. The topological polar surface area (TPSA) is 72.5 Å². The van der Waals surface area contributed by atoms with Crippen LogP contribution in [0.15, 0.2) is 12.2 Å². The monoisotopic (exact) mass is 207 g/mol. The van der Waals surface area contributed by atoms with Gasteiger partial charge in [-0.1, -0.05) is 13.0 Å². The van der Waals surface area contributed by atoms with Crippen LogP contribution in [0.4, 0.5) is 0 Å². The van der Waals surface area contributed by atoms with Crippen LogP contribution in [0, 0.1) is 0 Å². The maximum Gasteiger partial charge on any atom is 0.287 e. The quantitative estimate of drug-likeness (QED) is 0.521. The van der Waals surface area contributed by atoms with Crippen LogP contribution >= 0.6 is 0 Å². The highest BCUT2D eigenvalue weighted by Gasteiger charge is 2.10. The van der Waals surface area contributed by atoms with Gasteiger partial charge in [-0.25, -0.2) is 5.48 Å². The number of carbonyl (C=O) groups excluding carboxylic acids is 1. The molecule has 0 aliphatic rings. The summed E-state index contributed by atoms with van der Waals surface area (Å²) in [4.78, 5) is 10.7. The molecule has 0 aliphatic heterocycles. The number of hydroxylamine groups is 1. The van der Waals surface area contributed by atoms with Crippen LogP contribution in [0.5, 0.6) is 0 Å². The summed E-state index contributed by atoms with van der Waals surface area (Å²) in [6.45, 7) is 3.34. The third-order valence-corrected chi connectivity index (χ3v) is 2.29. The molecule has 0 saturated carbocycles. The molecule has 0 spiro atoms. The predicted octanol–water partition coefficient (Wildman–Crippen LogP) is 0.350. The summed E-state index contributed by atoms with van der Waals surface area (Å²) < 4.78 is 26.0. The minimum Gasteiger partial charge on any atom is -0.268 e. The Morgan fingerprint density at radius 2 is 2.15 bits per heavy atom. The molecule has 0 fully saturated rings. The molecule has 0 atom stereocenters. The molecule has 1 N–H and O–H groups in total. The van der Waals surface area contributed by atoms with Crippen molar-refractivity contribution >= 4 is 16.0 Å². The van der Waals surface area contributed by atoms with Crippen molar-refractivity contribution < 1.29 is 17.5 Å². The average molecular weight is 207 g/mol. The van der Waals surface area contributed by atoms with Gasteiger partial charge in [0, 0.05) is 6.08 Å². The van der Waals surface area contributed by atoms with E-state index in [2.05, 4.69) is 4.28 Å². The van der Waals surface area contributed by atoms with Crippen molar-refractivity contribution in [3.05, 3.63) is 12.2 Å². The third kappa shape index (κ3) is 6.30. The number of rotatable bonds is 5. The molecule has 0 aromatic rings. The number of carbonyl (C=O) groups is 1. The van der Waals surface area contributed by atoms with Crippen molar-refractivity contribution in [3.63, 3.8) is 0 Å². The first-order valence-electron chi connectivity index (χ1n) is 3.85. The van der Waals surface area contributed by atoms with Gasteiger partial charge in [-0.3, -0.25) is 4.79 Å². The van der Waals surface area contributed by atoms with Gasteiger partial charge in [0.15, 0.2) is 0 Å². The van der Waals surface area contributed by atoms with Crippen molar-refractivity contribution in [1.29, 1.82) is 0 Å². The van der Waals surface area contributed by atoms with Gasteiger partial charge in [-0.05, 0) is 13.3 Å². The molecule has 76 valence electrons. The summed E-state index contributed by atoms with van der Waals surface area (Å²) in [7, 11) is -3.61. The van der Waals surface area contributed by atoms with Crippen LogP contribution in [0.1, 0.15) is 20.3 Å². The van der Waals surface area contributed by atoms with Gasteiger partial charge in [0.1, 0.15) is 0 Å². The van der Waals surface area contributed by atoms with E-state index in [1.807, 2.05) is 0 Å². The smallest absolute Gasteiger partial charge is 0.268 e. The summed E-state index contributed by atoms with van der Waals surface area (Å²) in [5.74, 6) is -0.703. The molecular weight excluding hydrogens is 194 g/mol. The summed E-state index contributed by atoms with van der Waals surface area (Å²) in [5, 5.41) is 0. The van der Waals surface area contributed by atoms with E-state index in [0.717, 1.165) is 0 Å². The van der Waals surface area contributed by atoms with E-state index in [9.17, 15) is 13.2 Å². The Kier molecular flexibility index (Phi) is 5.33. The normalized spacial score (nSPS) is 11.8. The molecule has 0 bridgehead atoms. The number of nitrogens with one attached hydrogen (secondary N) is 1. The minimum atomic E-state index is -3.61. The molecule has 0 aromatic carbocycles. The summed E-state index contributed by atoms with van der Waals surface area (Å²) in [6, 6.07) is 0. The molecule has 0 rings (SSSR count). The van der Waals surface area contributed by atoms with Gasteiger partial charge in [0.25, 0.3) is 16.0 Å². The zero-order valence-corrected chi connectivity index (χ0v) is 8.43. The van der Waals surface area contributed by atoms with Crippen molar-refractivity contribution in [3.8, 4) is 0 Å². The van der Waals surface area contributed by atoms with Crippen LogP contribution in [-0.4, -0.2) is 20.1 Å². The van der Waals surface area contributed by atoms with Gasteiger partial charge in [0.2, 0.25) is 0 Å². The molecule has 0 saturated heterocycles. The Morgan fingerprint density at radius 3 is 2.62 bits per heavy atom. The Bertz CT molecular complexity index is 281. The van der Waals surface area contributed by atoms with E-state index in [0.29, 0.717) is 6.42 Å². The highest BCUT2D eigenvalue weighted by Crippen LogP contribution is 1.92. The van der Waals surface area contributed by atoms with Crippen LogP contribution in [-0.2, 0) is 19.2 Å². The number of hydrogen-bond acceptors (Lipinski definition) is 4. The van der Waals surface area contributed by atoms with Crippen LogP contribution in [0.2, 0.25) is 0 Å². The number of amides is 1. The van der Waals surface area contributed by atoms with E-state index in [1.165, 1.54) is 12.2 Å². The summed E-state index contributed by atoms with van der Waals surface area (Å²) in [5.41, 5.74) is 1.79. The minimum absolute atomic E-state index is 0.108. The largest absolute Gasteiger partial charge is 0.287 e. The highest BCUT2D eigenvalue weighted by atomic mass is 32.2. The second kappa shape index (κ2) is 5.71. The van der Waals surface area contributed by atoms with E-state index >= 15 is 0 Å². The summed E-state index contributed by atoms with van der Waals surface area (Å²) >= 11 is 0. The van der Waals surface area contributed by atoms with Gasteiger partial charge in [0.05, 0.1) is 5.75 Å². The second-order valence-electron chi connectivity index (χ2n) is 2.31. The molecule has 6 heteroatoms. The van der Waals surface area contributed by atoms with E-state index in [-0.39, 0.29) is 5.75 Å². The Balaban J connectivity index is 3.95. The maximum absolute atomic E-state index is 10.9. The lowest BCUT2D eigenvalue weighted by atomic mass is 10.5. The van der Waals surface area contributed by atoms with Crippen molar-refractivity contribution in [2.24, 2.45) is 0 Å². The predicted molar refractivity (Wildman–Crippen MR) is 48.1 cm³/mol. The van der Waals surface area contributed by atoms with Gasteiger partial charge in [-0.2, -0.15) is 8.42 Å². The van der Waals surface area contributed by atoms with Gasteiger partial charge < -0.3 is 0 Å². The Labute approximate surface area is 77.9 Å². The van der Waals surface area contributed by atoms with Gasteiger partial charge >= 0.3 is 0 Å². The molecule has 1 amide bonds. The standard InChI is InChI=1S/C7H13NO4S/c1-3-5-7(9)8-12-13(10,11)6-4-2/h3,5H,4,6H2,1-2H3,(H,8,9). The third-order valence-electron chi connectivity index (χ3n) is 1.04. The average Bonchev–Trinajstić information content (AvgIpc) is 2.02. The lowest BCUT2D eigenvalue weighted by Crippen LogP contribution is -2.26. The first-order chi connectivity index (χ1) is 6.02. The van der Waals surface area contributed by atoms with Crippen LogP contribution in [0.25, 0.3) is 0 Å². The molecular formula is C7H13NO4S. The summed E-state index contributed by atoms with van der Waals surface area (Å²) in [6.07, 6.45) is 3.09. The second-order valence-corrected chi connectivity index (χ2v) is 4.00. The molecule has 0 radical (unpaired) electrons. The molecule has 0 aromatic heterocycles. The molecule has 5 nitrogen and oxygen atoms in total. The Hall–Kier alpha value is -0.880. The van der Waals surface area contributed by atoms with Gasteiger partial charge in [-0.15, -0.1) is 4.28 Å². The number of allylic oxidation sites excluding steroid dienone is 1. The van der Waals surface area contributed by atoms with E-state index in [4.69, 9.17) is 0 Å². The fourth-order valence-electron chi connectivity index (χ4n) is 0.582. The zero-order valence-electron chi connectivity index (χ0n) is 7.61. The highest BCUT2D eigenvalue weighted by molar-refractivity contribution is 7.86. The lowest BCUT2D eigenvalue weighted by molar-refractivity contribution is -0.122. The first kappa shape index (κ1) is 12.1. The van der Waals surface area contributed by atoms with Crippen LogP contribution in [0.3, 0.4) is 0 Å². The molecule has 0 unspecified atom stereocenters. The van der Waals surface area contributed by atoms with E-state index in [1.54, 1.807) is 19.3 Å². The maximum atomic E-state index is 10.9. The Morgan fingerprint density at radius 1 is 1.54 bits per heavy atom. The lowest BCUT2D eigenvalue weighted by Gasteiger charge is -2.02. The van der Waals surface area contributed by atoms with E-state index < -0.39 is 16.0 Å².